The van der Waals surface area contributed by atoms with Crippen molar-refractivity contribution in [2.75, 3.05) is 17.2 Å². The maximum absolute atomic E-state index is 14.9. The molecule has 32 heavy (non-hydrogen) atoms. The Bertz CT molecular complexity index is 1140. The standard InChI is InChI=1S/C22H20Cl2F2N4O2/c1-11(2)19-16(31)6-5-12(21(19)25)8-13-14(23)9-15(22(26)20(13)24)27-10-18(32)29-17-4-3-7-28-30-17/h3-7,9,11,27,31H,8,10H2,1-2H3,(H,29,30,32). The van der Waals surface area contributed by atoms with Gasteiger partial charge in [-0.1, -0.05) is 43.1 Å². The summed E-state index contributed by atoms with van der Waals surface area (Å²) in [5.74, 6) is -2.03. The molecule has 10 heteroatoms. The van der Waals surface area contributed by atoms with Gasteiger partial charge in [-0.3, -0.25) is 4.79 Å². The van der Waals surface area contributed by atoms with E-state index in [2.05, 4.69) is 20.8 Å². The Morgan fingerprint density at radius 3 is 2.59 bits per heavy atom. The number of aromatic hydroxyl groups is 1. The summed E-state index contributed by atoms with van der Waals surface area (Å²) in [5, 5.41) is 22.3. The molecule has 3 rings (SSSR count). The second-order valence-electron chi connectivity index (χ2n) is 7.33. The molecule has 0 saturated heterocycles. The first-order valence-electron chi connectivity index (χ1n) is 9.67. The molecule has 0 bridgehead atoms. The number of hydrogen-bond donors (Lipinski definition) is 3. The largest absolute Gasteiger partial charge is 0.508 e. The number of hydrogen-bond acceptors (Lipinski definition) is 5. The van der Waals surface area contributed by atoms with Gasteiger partial charge in [-0.25, -0.2) is 8.78 Å². The maximum Gasteiger partial charge on any atom is 0.244 e. The predicted octanol–water partition coefficient (Wildman–Crippen LogP) is 5.53. The van der Waals surface area contributed by atoms with Gasteiger partial charge in [-0.05, 0) is 41.3 Å². The van der Waals surface area contributed by atoms with Crippen LogP contribution in [0.5, 0.6) is 5.75 Å². The van der Waals surface area contributed by atoms with Gasteiger partial charge in [0.15, 0.2) is 11.6 Å². The van der Waals surface area contributed by atoms with Crippen molar-refractivity contribution in [1.29, 1.82) is 0 Å². The van der Waals surface area contributed by atoms with E-state index in [0.717, 1.165) is 0 Å². The lowest BCUT2D eigenvalue weighted by atomic mass is 9.95. The van der Waals surface area contributed by atoms with Gasteiger partial charge in [0.25, 0.3) is 0 Å². The lowest BCUT2D eigenvalue weighted by Crippen LogP contribution is -2.23. The molecular formula is C22H20Cl2F2N4O2. The zero-order valence-corrected chi connectivity index (χ0v) is 18.7. The lowest BCUT2D eigenvalue weighted by Gasteiger charge is -2.16. The smallest absolute Gasteiger partial charge is 0.244 e. The van der Waals surface area contributed by atoms with E-state index >= 15 is 0 Å². The van der Waals surface area contributed by atoms with Gasteiger partial charge in [0, 0.05) is 23.2 Å². The van der Waals surface area contributed by atoms with Crippen LogP contribution in [-0.4, -0.2) is 27.8 Å². The quantitative estimate of drug-likeness (QED) is 0.386. The number of phenols is 1. The number of anilines is 2. The molecule has 3 N–H and O–H groups in total. The zero-order valence-electron chi connectivity index (χ0n) is 17.2. The van der Waals surface area contributed by atoms with Crippen LogP contribution in [0.2, 0.25) is 10.0 Å². The third-order valence-corrected chi connectivity index (χ3v) is 5.45. The molecule has 2 aromatic carbocycles. The molecule has 1 amide bonds. The minimum Gasteiger partial charge on any atom is -0.508 e. The summed E-state index contributed by atoms with van der Waals surface area (Å²) in [6.07, 6.45) is 1.39. The van der Waals surface area contributed by atoms with E-state index in [1.807, 2.05) is 0 Å². The van der Waals surface area contributed by atoms with Crippen LogP contribution in [0.4, 0.5) is 20.3 Å². The normalized spacial score (nSPS) is 11.0. The van der Waals surface area contributed by atoms with Crippen LogP contribution in [0.3, 0.4) is 0 Å². The number of phenolic OH excluding ortho intramolecular Hbond substituents is 1. The number of amides is 1. The summed E-state index contributed by atoms with van der Waals surface area (Å²) in [6, 6.07) is 7.24. The first-order valence-corrected chi connectivity index (χ1v) is 10.4. The number of carbonyl (C=O) groups excluding carboxylic acids is 1. The molecular weight excluding hydrogens is 461 g/mol. The number of halogens is 4. The Morgan fingerprint density at radius 1 is 1.19 bits per heavy atom. The van der Waals surface area contributed by atoms with E-state index in [4.69, 9.17) is 23.2 Å². The average Bonchev–Trinajstić information content (AvgIpc) is 2.74. The van der Waals surface area contributed by atoms with Crippen molar-refractivity contribution in [3.05, 3.63) is 74.9 Å². The van der Waals surface area contributed by atoms with Crippen LogP contribution in [0.1, 0.15) is 36.5 Å². The van der Waals surface area contributed by atoms with Crippen molar-refractivity contribution in [2.24, 2.45) is 0 Å². The highest BCUT2D eigenvalue weighted by molar-refractivity contribution is 6.36. The van der Waals surface area contributed by atoms with Crippen molar-refractivity contribution < 1.29 is 18.7 Å². The van der Waals surface area contributed by atoms with Crippen LogP contribution in [0.25, 0.3) is 0 Å². The molecule has 3 aromatic rings. The molecule has 0 aliphatic carbocycles. The summed E-state index contributed by atoms with van der Waals surface area (Å²) in [4.78, 5) is 12.0. The van der Waals surface area contributed by atoms with Gasteiger partial charge in [-0.15, -0.1) is 5.10 Å². The van der Waals surface area contributed by atoms with Gasteiger partial charge in [0.05, 0.1) is 17.3 Å². The molecule has 0 spiro atoms. The topological polar surface area (TPSA) is 87.1 Å². The Hall–Kier alpha value is -2.97. The van der Waals surface area contributed by atoms with Gasteiger partial charge in [0.1, 0.15) is 11.6 Å². The Kier molecular flexibility index (Phi) is 7.48. The van der Waals surface area contributed by atoms with Gasteiger partial charge < -0.3 is 15.7 Å². The number of benzene rings is 2. The van der Waals surface area contributed by atoms with E-state index < -0.39 is 17.5 Å². The number of nitrogens with one attached hydrogen (secondary N) is 2. The molecule has 0 aliphatic heterocycles. The van der Waals surface area contributed by atoms with E-state index in [-0.39, 0.29) is 62.9 Å². The summed E-state index contributed by atoms with van der Waals surface area (Å²) in [5.41, 5.74) is 0.508. The van der Waals surface area contributed by atoms with Crippen LogP contribution >= 0.6 is 23.2 Å². The maximum atomic E-state index is 14.9. The van der Waals surface area contributed by atoms with Crippen molar-refractivity contribution in [1.82, 2.24) is 10.2 Å². The van der Waals surface area contributed by atoms with E-state index in [1.54, 1.807) is 26.0 Å². The van der Waals surface area contributed by atoms with Gasteiger partial charge in [-0.2, -0.15) is 5.10 Å². The van der Waals surface area contributed by atoms with Crippen molar-refractivity contribution in [2.45, 2.75) is 26.2 Å². The predicted molar refractivity (Wildman–Crippen MR) is 121 cm³/mol. The van der Waals surface area contributed by atoms with Crippen molar-refractivity contribution in [3.8, 4) is 5.75 Å². The summed E-state index contributed by atoms with van der Waals surface area (Å²) >= 11 is 12.5. The summed E-state index contributed by atoms with van der Waals surface area (Å²) in [6.45, 7) is 3.23. The fourth-order valence-electron chi connectivity index (χ4n) is 3.16. The third kappa shape index (κ3) is 5.26. The number of carbonyl (C=O) groups is 1. The Morgan fingerprint density at radius 2 is 1.94 bits per heavy atom. The minimum atomic E-state index is -0.818. The second-order valence-corrected chi connectivity index (χ2v) is 8.11. The van der Waals surface area contributed by atoms with Gasteiger partial charge in [0.2, 0.25) is 5.91 Å². The lowest BCUT2D eigenvalue weighted by molar-refractivity contribution is -0.114. The second kappa shape index (κ2) is 10.1. The molecule has 1 aromatic heterocycles. The molecule has 0 unspecified atom stereocenters. The molecule has 0 aliphatic rings. The fourth-order valence-corrected chi connectivity index (χ4v) is 3.75. The van der Waals surface area contributed by atoms with Crippen molar-refractivity contribution >= 4 is 40.6 Å². The van der Waals surface area contributed by atoms with Crippen LogP contribution < -0.4 is 10.6 Å². The monoisotopic (exact) mass is 480 g/mol. The molecule has 0 atom stereocenters. The van der Waals surface area contributed by atoms with Crippen molar-refractivity contribution in [3.63, 3.8) is 0 Å². The molecule has 0 radical (unpaired) electrons. The number of rotatable bonds is 7. The van der Waals surface area contributed by atoms with Crippen LogP contribution in [0, 0.1) is 11.6 Å². The Balaban J connectivity index is 1.79. The fraction of sp³-hybridized carbons (Fsp3) is 0.227. The van der Waals surface area contributed by atoms with Crippen LogP contribution in [0.15, 0.2) is 36.5 Å². The highest BCUT2D eigenvalue weighted by Gasteiger charge is 2.21. The van der Waals surface area contributed by atoms with Crippen LogP contribution in [-0.2, 0) is 11.2 Å². The molecule has 0 saturated carbocycles. The summed E-state index contributed by atoms with van der Waals surface area (Å²) in [7, 11) is 0. The zero-order chi connectivity index (χ0) is 23.4. The summed E-state index contributed by atoms with van der Waals surface area (Å²) < 4.78 is 29.7. The highest BCUT2D eigenvalue weighted by Crippen LogP contribution is 2.37. The SMILES string of the molecule is CC(C)c1c(O)ccc(Cc2c(Cl)cc(NCC(=O)Nc3cccnn3)c(F)c2Cl)c1F. The van der Waals surface area contributed by atoms with Gasteiger partial charge >= 0.3 is 0 Å². The average molecular weight is 481 g/mol. The minimum absolute atomic E-state index is 0.0755. The number of nitrogens with zero attached hydrogens (tertiary/aromatic N) is 2. The molecule has 6 nitrogen and oxygen atoms in total. The first-order chi connectivity index (χ1) is 15.2. The molecule has 168 valence electrons. The van der Waals surface area contributed by atoms with E-state index in [9.17, 15) is 18.7 Å². The first kappa shape index (κ1) is 23.7. The molecule has 0 fully saturated rings. The third-order valence-electron chi connectivity index (χ3n) is 4.71. The Labute approximate surface area is 193 Å². The van der Waals surface area contributed by atoms with E-state index in [1.165, 1.54) is 24.4 Å². The number of aromatic nitrogens is 2. The van der Waals surface area contributed by atoms with E-state index in [0.29, 0.717) is 0 Å². The highest BCUT2D eigenvalue weighted by atomic mass is 35.5. The molecule has 1 heterocycles.